The maximum atomic E-state index is 11.1. The number of nitrogens with two attached hydrogens (primary N) is 1. The van der Waals surface area contributed by atoms with Gasteiger partial charge in [0.2, 0.25) is 5.91 Å². The van der Waals surface area contributed by atoms with Crippen LogP contribution >= 0.6 is 0 Å². The molecule has 2 N–H and O–H groups in total. The number of hydrogen-bond donors (Lipinski definition) is 1. The zero-order chi connectivity index (χ0) is 10.8. The third kappa shape index (κ3) is 1.99. The zero-order valence-corrected chi connectivity index (χ0v) is 8.76. The van der Waals surface area contributed by atoms with Crippen LogP contribution < -0.4 is 5.73 Å². The highest BCUT2D eigenvalue weighted by atomic mass is 16.2. The SMILES string of the molecule is CC(=O)N1CC[C@H](n2cc(CN)nn2)C1. The summed E-state index contributed by atoms with van der Waals surface area (Å²) in [6.45, 7) is 3.53. The van der Waals surface area contributed by atoms with E-state index in [0.717, 1.165) is 25.2 Å². The fourth-order valence-electron chi connectivity index (χ4n) is 1.83. The molecule has 1 aliphatic rings. The van der Waals surface area contributed by atoms with Crippen molar-refractivity contribution >= 4 is 5.91 Å². The predicted molar refractivity (Wildman–Crippen MR) is 53.8 cm³/mol. The average Bonchev–Trinajstić information content (AvgIpc) is 2.86. The first-order valence-corrected chi connectivity index (χ1v) is 5.07. The van der Waals surface area contributed by atoms with Crippen LogP contribution in [-0.4, -0.2) is 38.9 Å². The molecule has 0 saturated carbocycles. The van der Waals surface area contributed by atoms with Gasteiger partial charge >= 0.3 is 0 Å². The Labute approximate surface area is 88.0 Å². The first kappa shape index (κ1) is 10.1. The van der Waals surface area contributed by atoms with Gasteiger partial charge in [-0.25, -0.2) is 4.68 Å². The summed E-state index contributed by atoms with van der Waals surface area (Å²) in [7, 11) is 0. The second-order valence-corrected chi connectivity index (χ2v) is 3.80. The van der Waals surface area contributed by atoms with E-state index >= 15 is 0 Å². The molecule has 2 rings (SSSR count). The van der Waals surface area contributed by atoms with Crippen molar-refractivity contribution < 1.29 is 4.79 Å². The highest BCUT2D eigenvalue weighted by Crippen LogP contribution is 2.20. The Balaban J connectivity index is 2.04. The molecule has 1 aromatic heterocycles. The average molecular weight is 209 g/mol. The van der Waals surface area contributed by atoms with Crippen LogP contribution in [0.15, 0.2) is 6.20 Å². The van der Waals surface area contributed by atoms with E-state index in [2.05, 4.69) is 10.3 Å². The number of likely N-dealkylation sites (tertiary alicyclic amines) is 1. The Morgan fingerprint density at radius 3 is 3.07 bits per heavy atom. The van der Waals surface area contributed by atoms with Crippen LogP contribution in [0, 0.1) is 0 Å². The van der Waals surface area contributed by atoms with Crippen LogP contribution in [-0.2, 0) is 11.3 Å². The first-order valence-electron chi connectivity index (χ1n) is 5.07. The third-order valence-electron chi connectivity index (χ3n) is 2.75. The second kappa shape index (κ2) is 3.98. The molecule has 1 atom stereocenters. The molecule has 1 amide bonds. The lowest BCUT2D eigenvalue weighted by Crippen LogP contribution is -2.26. The number of nitrogens with zero attached hydrogens (tertiary/aromatic N) is 4. The number of amides is 1. The molecule has 0 radical (unpaired) electrons. The summed E-state index contributed by atoms with van der Waals surface area (Å²) in [4.78, 5) is 13.0. The van der Waals surface area contributed by atoms with Crippen molar-refractivity contribution in [1.29, 1.82) is 0 Å². The van der Waals surface area contributed by atoms with Crippen molar-refractivity contribution in [1.82, 2.24) is 19.9 Å². The van der Waals surface area contributed by atoms with Gasteiger partial charge in [0, 0.05) is 26.6 Å². The highest BCUT2D eigenvalue weighted by molar-refractivity contribution is 5.73. The molecule has 15 heavy (non-hydrogen) atoms. The fraction of sp³-hybridized carbons (Fsp3) is 0.667. The topological polar surface area (TPSA) is 77.0 Å². The maximum Gasteiger partial charge on any atom is 0.219 e. The third-order valence-corrected chi connectivity index (χ3v) is 2.75. The number of hydrogen-bond acceptors (Lipinski definition) is 4. The van der Waals surface area contributed by atoms with Gasteiger partial charge in [0.15, 0.2) is 0 Å². The van der Waals surface area contributed by atoms with Gasteiger partial charge < -0.3 is 10.6 Å². The molecule has 1 aromatic rings. The minimum atomic E-state index is 0.122. The first-order chi connectivity index (χ1) is 7.20. The van der Waals surface area contributed by atoms with E-state index in [0.29, 0.717) is 6.54 Å². The van der Waals surface area contributed by atoms with Gasteiger partial charge in [-0.15, -0.1) is 5.10 Å². The van der Waals surface area contributed by atoms with Crippen LogP contribution in [0.25, 0.3) is 0 Å². The van der Waals surface area contributed by atoms with Gasteiger partial charge in [0.05, 0.1) is 17.9 Å². The molecule has 0 bridgehead atoms. The standard InChI is InChI=1S/C9H15N5O/c1-7(15)13-3-2-9(6-13)14-5-8(4-10)11-12-14/h5,9H,2-4,6,10H2,1H3/t9-/m0/s1. The molecular weight excluding hydrogens is 194 g/mol. The monoisotopic (exact) mass is 209 g/mol. The van der Waals surface area contributed by atoms with Crippen molar-refractivity contribution in [2.75, 3.05) is 13.1 Å². The van der Waals surface area contributed by atoms with E-state index in [1.807, 2.05) is 15.8 Å². The van der Waals surface area contributed by atoms with Crippen LogP contribution in [0.1, 0.15) is 25.1 Å². The summed E-state index contributed by atoms with van der Waals surface area (Å²) in [5.74, 6) is 0.122. The van der Waals surface area contributed by atoms with E-state index in [-0.39, 0.29) is 11.9 Å². The maximum absolute atomic E-state index is 11.1. The smallest absolute Gasteiger partial charge is 0.219 e. The van der Waals surface area contributed by atoms with Gasteiger partial charge in [0.1, 0.15) is 0 Å². The Morgan fingerprint density at radius 1 is 1.73 bits per heavy atom. The Bertz CT molecular complexity index is 361. The Morgan fingerprint density at radius 2 is 2.53 bits per heavy atom. The second-order valence-electron chi connectivity index (χ2n) is 3.80. The van der Waals surface area contributed by atoms with Crippen molar-refractivity contribution in [3.8, 4) is 0 Å². The molecule has 82 valence electrons. The quantitative estimate of drug-likeness (QED) is 0.714. The molecule has 6 heteroatoms. The van der Waals surface area contributed by atoms with Gasteiger partial charge in [-0.3, -0.25) is 4.79 Å². The van der Waals surface area contributed by atoms with E-state index in [9.17, 15) is 4.79 Å². The predicted octanol–water partition coefficient (Wildman–Crippen LogP) is -0.470. The lowest BCUT2D eigenvalue weighted by Gasteiger charge is -2.13. The lowest BCUT2D eigenvalue weighted by atomic mass is 10.3. The van der Waals surface area contributed by atoms with E-state index in [1.54, 1.807) is 6.92 Å². The minimum Gasteiger partial charge on any atom is -0.341 e. The summed E-state index contributed by atoms with van der Waals surface area (Å²) in [5, 5.41) is 7.95. The molecule has 0 aliphatic carbocycles. The number of carbonyl (C=O) groups excluding carboxylic acids is 1. The summed E-state index contributed by atoms with van der Waals surface area (Å²) < 4.78 is 1.81. The summed E-state index contributed by atoms with van der Waals surface area (Å²) >= 11 is 0. The van der Waals surface area contributed by atoms with Crippen LogP contribution in [0.3, 0.4) is 0 Å². The molecule has 1 fully saturated rings. The van der Waals surface area contributed by atoms with Crippen LogP contribution in [0.2, 0.25) is 0 Å². The molecule has 2 heterocycles. The number of aromatic nitrogens is 3. The molecule has 0 aromatic carbocycles. The highest BCUT2D eigenvalue weighted by Gasteiger charge is 2.26. The number of rotatable bonds is 2. The normalized spacial score (nSPS) is 20.9. The van der Waals surface area contributed by atoms with E-state index in [4.69, 9.17) is 5.73 Å². The van der Waals surface area contributed by atoms with Gasteiger partial charge in [-0.2, -0.15) is 0 Å². The van der Waals surface area contributed by atoms with Crippen LogP contribution in [0.4, 0.5) is 0 Å². The fourth-order valence-corrected chi connectivity index (χ4v) is 1.83. The molecule has 6 nitrogen and oxygen atoms in total. The van der Waals surface area contributed by atoms with Crippen molar-refractivity contribution in [2.24, 2.45) is 5.73 Å². The molecular formula is C9H15N5O. The van der Waals surface area contributed by atoms with Crippen molar-refractivity contribution in [3.63, 3.8) is 0 Å². The van der Waals surface area contributed by atoms with Crippen LogP contribution in [0.5, 0.6) is 0 Å². The van der Waals surface area contributed by atoms with Gasteiger partial charge in [-0.05, 0) is 6.42 Å². The van der Waals surface area contributed by atoms with Crippen molar-refractivity contribution in [3.05, 3.63) is 11.9 Å². The molecule has 0 spiro atoms. The van der Waals surface area contributed by atoms with Gasteiger partial charge in [-0.1, -0.05) is 5.21 Å². The number of carbonyl (C=O) groups is 1. The molecule has 1 aliphatic heterocycles. The summed E-state index contributed by atoms with van der Waals surface area (Å²) in [6, 6.07) is 0.252. The largest absolute Gasteiger partial charge is 0.341 e. The van der Waals surface area contributed by atoms with Gasteiger partial charge in [0.25, 0.3) is 0 Å². The Kier molecular flexibility index (Phi) is 2.68. The summed E-state index contributed by atoms with van der Waals surface area (Å²) in [5.41, 5.74) is 6.25. The zero-order valence-electron chi connectivity index (χ0n) is 8.76. The Hall–Kier alpha value is -1.43. The molecule has 0 unspecified atom stereocenters. The van der Waals surface area contributed by atoms with E-state index in [1.165, 1.54) is 0 Å². The summed E-state index contributed by atoms with van der Waals surface area (Å²) in [6.07, 6.45) is 2.79. The molecule has 1 saturated heterocycles. The lowest BCUT2D eigenvalue weighted by molar-refractivity contribution is -0.127. The minimum absolute atomic E-state index is 0.122. The van der Waals surface area contributed by atoms with Crippen molar-refractivity contribution in [2.45, 2.75) is 25.9 Å². The van der Waals surface area contributed by atoms with E-state index < -0.39 is 0 Å².